The van der Waals surface area contributed by atoms with Crippen molar-refractivity contribution in [1.82, 2.24) is 10.3 Å². The van der Waals surface area contributed by atoms with Crippen LogP contribution in [0.4, 0.5) is 13.2 Å². The van der Waals surface area contributed by atoms with Crippen molar-refractivity contribution in [3.8, 4) is 0 Å². The van der Waals surface area contributed by atoms with E-state index < -0.39 is 12.2 Å². The van der Waals surface area contributed by atoms with Gasteiger partial charge in [0.1, 0.15) is 6.04 Å². The Kier molecular flexibility index (Phi) is 3.61. The molecular weight excluding hydrogens is 277 g/mol. The van der Waals surface area contributed by atoms with Crippen LogP contribution in [0.25, 0.3) is 10.9 Å². The van der Waals surface area contributed by atoms with E-state index in [1.54, 1.807) is 0 Å². The van der Waals surface area contributed by atoms with Gasteiger partial charge in [-0.1, -0.05) is 12.1 Å². The van der Waals surface area contributed by atoms with Gasteiger partial charge in [0.05, 0.1) is 5.52 Å². The van der Waals surface area contributed by atoms with Gasteiger partial charge in [-0.25, -0.2) is 0 Å². The molecule has 1 aromatic heterocycles. The number of aryl methyl sites for hydroxylation is 1. The van der Waals surface area contributed by atoms with Crippen LogP contribution >= 0.6 is 0 Å². The maximum atomic E-state index is 12.9. The Morgan fingerprint density at radius 3 is 2.67 bits per heavy atom. The predicted octanol–water partition coefficient (Wildman–Crippen LogP) is 3.97. The first kappa shape index (κ1) is 14.3. The first-order valence-corrected chi connectivity index (χ1v) is 7.10. The summed E-state index contributed by atoms with van der Waals surface area (Å²) in [6.45, 7) is 2.14. The highest BCUT2D eigenvalue weighted by Gasteiger charge is 2.48. The summed E-state index contributed by atoms with van der Waals surface area (Å²) in [6.07, 6.45) is -2.84. The minimum absolute atomic E-state index is 0.227. The second-order valence-electron chi connectivity index (χ2n) is 5.72. The monoisotopic (exact) mass is 294 g/mol. The molecule has 21 heavy (non-hydrogen) atoms. The fourth-order valence-corrected chi connectivity index (χ4v) is 2.59. The Bertz CT molecular complexity index is 648. The Morgan fingerprint density at radius 2 is 2.00 bits per heavy atom. The van der Waals surface area contributed by atoms with Crippen LogP contribution in [0.1, 0.15) is 24.1 Å². The van der Waals surface area contributed by atoms with Gasteiger partial charge in [-0.15, -0.1) is 0 Å². The largest absolute Gasteiger partial charge is 0.404 e. The summed E-state index contributed by atoms with van der Waals surface area (Å²) < 4.78 is 38.8. The van der Waals surface area contributed by atoms with Crippen LogP contribution in [0.5, 0.6) is 0 Å². The molecule has 0 aliphatic heterocycles. The lowest BCUT2D eigenvalue weighted by atomic mass is 10.1. The molecule has 1 heterocycles. The van der Waals surface area contributed by atoms with Gasteiger partial charge in [0, 0.05) is 17.6 Å². The first-order chi connectivity index (χ1) is 9.93. The second-order valence-corrected chi connectivity index (χ2v) is 5.72. The summed E-state index contributed by atoms with van der Waals surface area (Å²) in [4.78, 5) is 4.39. The number of fused-ring (bicyclic) bond motifs is 1. The second kappa shape index (κ2) is 5.30. The fraction of sp³-hybridized carbons (Fsp3) is 0.438. The molecule has 0 bridgehead atoms. The number of halogens is 3. The third-order valence-corrected chi connectivity index (χ3v) is 3.86. The predicted molar refractivity (Wildman–Crippen MR) is 75.9 cm³/mol. The van der Waals surface area contributed by atoms with Gasteiger partial charge in [-0.2, -0.15) is 13.2 Å². The molecule has 0 radical (unpaired) electrons. The molecule has 0 saturated heterocycles. The number of aromatic nitrogens is 1. The molecule has 1 aromatic carbocycles. The smallest absolute Gasteiger partial charge is 0.302 e. The molecule has 1 atom stereocenters. The van der Waals surface area contributed by atoms with Crippen molar-refractivity contribution < 1.29 is 13.2 Å². The van der Waals surface area contributed by atoms with Gasteiger partial charge in [-0.05, 0) is 49.4 Å². The summed E-state index contributed by atoms with van der Waals surface area (Å²) in [7, 11) is 0. The highest BCUT2D eigenvalue weighted by atomic mass is 19.4. The summed E-state index contributed by atoms with van der Waals surface area (Å²) >= 11 is 0. The lowest BCUT2D eigenvalue weighted by molar-refractivity contribution is -0.161. The normalized spacial score (nSPS) is 17.1. The van der Waals surface area contributed by atoms with E-state index in [0.29, 0.717) is 12.8 Å². The van der Waals surface area contributed by atoms with E-state index in [0.717, 1.165) is 22.2 Å². The van der Waals surface area contributed by atoms with Gasteiger partial charge in [-0.3, -0.25) is 4.98 Å². The molecule has 5 heteroatoms. The Labute approximate surface area is 121 Å². The zero-order chi connectivity index (χ0) is 15.0. The molecule has 2 nitrogen and oxygen atoms in total. The Balaban J connectivity index is 1.74. The number of hydrogen-bond acceptors (Lipinski definition) is 2. The van der Waals surface area contributed by atoms with Crippen molar-refractivity contribution in [2.45, 2.75) is 38.5 Å². The SMILES string of the molecule is Cc1ccc2cc(CNC(C3CC3)C(F)(F)F)ccc2n1. The van der Waals surface area contributed by atoms with Crippen molar-refractivity contribution in [2.75, 3.05) is 0 Å². The third-order valence-electron chi connectivity index (χ3n) is 3.86. The van der Waals surface area contributed by atoms with E-state index in [9.17, 15) is 13.2 Å². The zero-order valence-electron chi connectivity index (χ0n) is 11.7. The number of pyridine rings is 1. The van der Waals surface area contributed by atoms with Gasteiger partial charge < -0.3 is 5.32 Å². The maximum absolute atomic E-state index is 12.9. The van der Waals surface area contributed by atoms with Gasteiger partial charge in [0.15, 0.2) is 0 Å². The van der Waals surface area contributed by atoms with E-state index in [2.05, 4.69) is 10.3 Å². The molecule has 1 fully saturated rings. The lowest BCUT2D eigenvalue weighted by Crippen LogP contribution is -2.43. The quantitative estimate of drug-likeness (QED) is 0.922. The van der Waals surface area contributed by atoms with Crippen LogP contribution in [0.2, 0.25) is 0 Å². The average Bonchev–Trinajstić information content (AvgIpc) is 3.22. The van der Waals surface area contributed by atoms with Gasteiger partial charge >= 0.3 is 6.18 Å². The minimum atomic E-state index is -4.17. The molecule has 3 rings (SSSR count). The number of nitrogens with zero attached hydrogens (tertiary/aromatic N) is 1. The van der Waals surface area contributed by atoms with Gasteiger partial charge in [0.25, 0.3) is 0 Å². The van der Waals surface area contributed by atoms with E-state index in [4.69, 9.17) is 0 Å². The van der Waals surface area contributed by atoms with Gasteiger partial charge in [0.2, 0.25) is 0 Å². The zero-order valence-corrected chi connectivity index (χ0v) is 11.7. The summed E-state index contributed by atoms with van der Waals surface area (Å²) in [6, 6.07) is 8.06. The molecule has 1 N–H and O–H groups in total. The number of benzene rings is 1. The standard InChI is InChI=1S/C16H17F3N2/c1-10-2-4-13-8-11(3-7-14(13)21-10)9-20-15(12-5-6-12)16(17,18)19/h2-4,7-8,12,15,20H,5-6,9H2,1H3. The molecule has 1 unspecified atom stereocenters. The van der Waals surface area contributed by atoms with Crippen LogP contribution in [0.15, 0.2) is 30.3 Å². The molecule has 1 aliphatic carbocycles. The molecular formula is C16H17F3N2. The number of rotatable bonds is 4. The topological polar surface area (TPSA) is 24.9 Å². The van der Waals surface area contributed by atoms with Crippen LogP contribution in [0, 0.1) is 12.8 Å². The molecule has 1 aliphatic rings. The van der Waals surface area contributed by atoms with E-state index in [1.165, 1.54) is 0 Å². The first-order valence-electron chi connectivity index (χ1n) is 7.10. The average molecular weight is 294 g/mol. The maximum Gasteiger partial charge on any atom is 0.404 e. The molecule has 1 saturated carbocycles. The Hall–Kier alpha value is -1.62. The molecule has 0 spiro atoms. The molecule has 0 amide bonds. The fourth-order valence-electron chi connectivity index (χ4n) is 2.59. The number of hydrogen-bond donors (Lipinski definition) is 1. The van der Waals surface area contributed by atoms with Crippen molar-refractivity contribution >= 4 is 10.9 Å². The number of alkyl halides is 3. The lowest BCUT2D eigenvalue weighted by Gasteiger charge is -2.21. The summed E-state index contributed by atoms with van der Waals surface area (Å²) in [5.41, 5.74) is 2.65. The molecule has 112 valence electrons. The summed E-state index contributed by atoms with van der Waals surface area (Å²) in [5.74, 6) is -0.255. The van der Waals surface area contributed by atoms with Crippen LogP contribution < -0.4 is 5.32 Å². The van der Waals surface area contributed by atoms with Crippen LogP contribution in [0.3, 0.4) is 0 Å². The Morgan fingerprint density at radius 1 is 1.24 bits per heavy atom. The number of nitrogens with one attached hydrogen (secondary N) is 1. The van der Waals surface area contributed by atoms with Crippen molar-refractivity contribution in [1.29, 1.82) is 0 Å². The van der Waals surface area contributed by atoms with Crippen molar-refractivity contribution in [3.63, 3.8) is 0 Å². The highest BCUT2D eigenvalue weighted by molar-refractivity contribution is 5.79. The molecule has 2 aromatic rings. The minimum Gasteiger partial charge on any atom is -0.302 e. The van der Waals surface area contributed by atoms with E-state index >= 15 is 0 Å². The van der Waals surface area contributed by atoms with Crippen molar-refractivity contribution in [2.24, 2.45) is 5.92 Å². The van der Waals surface area contributed by atoms with E-state index in [-0.39, 0.29) is 12.5 Å². The highest BCUT2D eigenvalue weighted by Crippen LogP contribution is 2.40. The van der Waals surface area contributed by atoms with Crippen LogP contribution in [-0.2, 0) is 6.54 Å². The summed E-state index contributed by atoms with van der Waals surface area (Å²) in [5, 5.41) is 3.62. The third kappa shape index (κ3) is 3.35. The van der Waals surface area contributed by atoms with Crippen molar-refractivity contribution in [3.05, 3.63) is 41.6 Å². The van der Waals surface area contributed by atoms with E-state index in [1.807, 2.05) is 37.3 Å². The van der Waals surface area contributed by atoms with Crippen LogP contribution in [-0.4, -0.2) is 17.2 Å².